The van der Waals surface area contributed by atoms with E-state index in [-0.39, 0.29) is 5.82 Å². The molecule has 2 aromatic rings. The Morgan fingerprint density at radius 1 is 1.30 bits per heavy atom. The average Bonchev–Trinajstić information content (AvgIpc) is 2.72. The number of carboxylic acid groups (broad SMARTS) is 1. The fourth-order valence-corrected chi connectivity index (χ4v) is 2.42. The first-order chi connectivity index (χ1) is 9.45. The van der Waals surface area contributed by atoms with Crippen LogP contribution in [0.3, 0.4) is 0 Å². The molecule has 0 aliphatic carbocycles. The molecule has 0 radical (unpaired) electrons. The second kappa shape index (κ2) is 5.49. The SMILES string of the molecule is CCCn1c(-c2ccc(F)c(C)c2)cc(C(=O)O)c1C. The molecule has 1 aromatic carbocycles. The normalized spacial score (nSPS) is 10.8. The van der Waals surface area contributed by atoms with Crippen LogP contribution in [0.2, 0.25) is 0 Å². The van der Waals surface area contributed by atoms with Crippen LogP contribution >= 0.6 is 0 Å². The van der Waals surface area contributed by atoms with Crippen LogP contribution < -0.4 is 0 Å². The van der Waals surface area contributed by atoms with E-state index in [1.807, 2.05) is 11.5 Å². The lowest BCUT2D eigenvalue weighted by molar-refractivity contribution is 0.0696. The Balaban J connectivity index is 2.62. The van der Waals surface area contributed by atoms with E-state index in [1.54, 1.807) is 32.0 Å². The van der Waals surface area contributed by atoms with E-state index in [9.17, 15) is 14.3 Å². The number of aromatic nitrogens is 1. The summed E-state index contributed by atoms with van der Waals surface area (Å²) >= 11 is 0. The number of benzene rings is 1. The summed E-state index contributed by atoms with van der Waals surface area (Å²) in [6, 6.07) is 6.53. The quantitative estimate of drug-likeness (QED) is 0.915. The molecule has 106 valence electrons. The van der Waals surface area contributed by atoms with Gasteiger partial charge in [-0.2, -0.15) is 0 Å². The van der Waals surface area contributed by atoms with Crippen molar-refractivity contribution in [2.45, 2.75) is 33.7 Å². The van der Waals surface area contributed by atoms with E-state index in [4.69, 9.17) is 0 Å². The van der Waals surface area contributed by atoms with Crippen molar-refractivity contribution in [2.75, 3.05) is 0 Å². The molecule has 4 heteroatoms. The maximum absolute atomic E-state index is 13.4. The highest BCUT2D eigenvalue weighted by Crippen LogP contribution is 2.27. The number of aryl methyl sites for hydroxylation is 1. The fourth-order valence-electron chi connectivity index (χ4n) is 2.42. The second-order valence-electron chi connectivity index (χ2n) is 4.95. The maximum Gasteiger partial charge on any atom is 0.337 e. The van der Waals surface area contributed by atoms with Crippen LogP contribution in [-0.2, 0) is 6.54 Å². The zero-order valence-electron chi connectivity index (χ0n) is 11.9. The van der Waals surface area contributed by atoms with E-state index in [1.165, 1.54) is 6.07 Å². The number of halogens is 1. The van der Waals surface area contributed by atoms with Gasteiger partial charge < -0.3 is 9.67 Å². The van der Waals surface area contributed by atoms with Crippen LogP contribution in [0.1, 0.15) is 35.0 Å². The van der Waals surface area contributed by atoms with Crippen molar-refractivity contribution in [1.29, 1.82) is 0 Å². The van der Waals surface area contributed by atoms with Gasteiger partial charge in [0.2, 0.25) is 0 Å². The molecule has 0 amide bonds. The van der Waals surface area contributed by atoms with Crippen molar-refractivity contribution in [3.8, 4) is 11.3 Å². The molecule has 3 nitrogen and oxygen atoms in total. The maximum atomic E-state index is 13.4. The van der Waals surface area contributed by atoms with Crippen LogP contribution in [0.4, 0.5) is 4.39 Å². The monoisotopic (exact) mass is 275 g/mol. The number of hydrogen-bond donors (Lipinski definition) is 1. The Bertz CT molecular complexity index is 659. The number of rotatable bonds is 4. The summed E-state index contributed by atoms with van der Waals surface area (Å²) in [6.45, 7) is 6.29. The molecule has 0 saturated heterocycles. The number of carbonyl (C=O) groups is 1. The van der Waals surface area contributed by atoms with Gasteiger partial charge in [-0.15, -0.1) is 0 Å². The van der Waals surface area contributed by atoms with E-state index < -0.39 is 5.97 Å². The number of carboxylic acids is 1. The molecule has 1 N–H and O–H groups in total. The smallest absolute Gasteiger partial charge is 0.337 e. The van der Waals surface area contributed by atoms with Crippen molar-refractivity contribution in [3.63, 3.8) is 0 Å². The summed E-state index contributed by atoms with van der Waals surface area (Å²) in [5.41, 5.74) is 3.26. The van der Waals surface area contributed by atoms with Gasteiger partial charge in [0.05, 0.1) is 5.56 Å². The van der Waals surface area contributed by atoms with Gasteiger partial charge in [-0.3, -0.25) is 0 Å². The molecule has 1 heterocycles. The molecule has 1 aromatic heterocycles. The number of aromatic carboxylic acids is 1. The van der Waals surface area contributed by atoms with Gasteiger partial charge in [-0.05, 0) is 55.7 Å². The zero-order chi connectivity index (χ0) is 14.9. The summed E-state index contributed by atoms with van der Waals surface area (Å²) in [5, 5.41) is 9.24. The van der Waals surface area contributed by atoms with Gasteiger partial charge in [-0.1, -0.05) is 6.92 Å². The molecule has 0 aliphatic heterocycles. The van der Waals surface area contributed by atoms with Crippen LogP contribution in [0.25, 0.3) is 11.3 Å². The molecule has 2 rings (SSSR count). The Kier molecular flexibility index (Phi) is 3.93. The van der Waals surface area contributed by atoms with Crippen molar-refractivity contribution in [3.05, 3.63) is 46.9 Å². The average molecular weight is 275 g/mol. The van der Waals surface area contributed by atoms with Crippen molar-refractivity contribution in [2.24, 2.45) is 0 Å². The summed E-state index contributed by atoms with van der Waals surface area (Å²) < 4.78 is 15.4. The summed E-state index contributed by atoms with van der Waals surface area (Å²) in [6.07, 6.45) is 0.905. The van der Waals surface area contributed by atoms with Crippen LogP contribution in [-0.4, -0.2) is 15.6 Å². The van der Waals surface area contributed by atoms with E-state index in [0.29, 0.717) is 11.1 Å². The molecule has 0 fully saturated rings. The lowest BCUT2D eigenvalue weighted by atomic mass is 10.1. The first-order valence-electron chi connectivity index (χ1n) is 6.65. The van der Waals surface area contributed by atoms with Gasteiger partial charge >= 0.3 is 5.97 Å². The standard InChI is InChI=1S/C16H18FNO2/c1-4-7-18-11(3)13(16(19)20)9-15(18)12-5-6-14(17)10(2)8-12/h5-6,8-9H,4,7H2,1-3H3,(H,19,20). The minimum Gasteiger partial charge on any atom is -0.478 e. The lowest BCUT2D eigenvalue weighted by Gasteiger charge is -2.11. The second-order valence-corrected chi connectivity index (χ2v) is 4.95. The highest BCUT2D eigenvalue weighted by Gasteiger charge is 2.17. The predicted molar refractivity (Wildman–Crippen MR) is 76.6 cm³/mol. The Hall–Kier alpha value is -2.10. The highest BCUT2D eigenvalue weighted by molar-refractivity contribution is 5.91. The van der Waals surface area contributed by atoms with Gasteiger partial charge in [0.1, 0.15) is 5.82 Å². The largest absolute Gasteiger partial charge is 0.478 e. The van der Waals surface area contributed by atoms with Crippen LogP contribution in [0, 0.1) is 19.7 Å². The van der Waals surface area contributed by atoms with Crippen molar-refractivity contribution >= 4 is 5.97 Å². The van der Waals surface area contributed by atoms with Crippen molar-refractivity contribution < 1.29 is 14.3 Å². The molecule has 0 unspecified atom stereocenters. The molecule has 0 aliphatic rings. The minimum atomic E-state index is -0.933. The fraction of sp³-hybridized carbons (Fsp3) is 0.312. The minimum absolute atomic E-state index is 0.252. The topological polar surface area (TPSA) is 42.2 Å². The number of nitrogens with zero attached hydrogens (tertiary/aromatic N) is 1. The predicted octanol–water partition coefficient (Wildman–Crippen LogP) is 4.02. The van der Waals surface area contributed by atoms with Crippen molar-refractivity contribution in [1.82, 2.24) is 4.57 Å². The van der Waals surface area contributed by atoms with E-state index in [2.05, 4.69) is 0 Å². The number of hydrogen-bond acceptors (Lipinski definition) is 1. The zero-order valence-corrected chi connectivity index (χ0v) is 11.9. The third-order valence-corrected chi connectivity index (χ3v) is 3.50. The lowest BCUT2D eigenvalue weighted by Crippen LogP contribution is -2.04. The summed E-state index contributed by atoms with van der Waals surface area (Å²) in [5.74, 6) is -1.19. The van der Waals surface area contributed by atoms with E-state index >= 15 is 0 Å². The Morgan fingerprint density at radius 3 is 2.55 bits per heavy atom. The third-order valence-electron chi connectivity index (χ3n) is 3.50. The van der Waals surface area contributed by atoms with Gasteiger partial charge in [0.25, 0.3) is 0 Å². The molecule has 0 bridgehead atoms. The molecule has 0 spiro atoms. The summed E-state index contributed by atoms with van der Waals surface area (Å²) in [4.78, 5) is 11.3. The molecular weight excluding hydrogens is 257 g/mol. The molecular formula is C16H18FNO2. The Labute approximate surface area is 117 Å². The molecule has 20 heavy (non-hydrogen) atoms. The highest BCUT2D eigenvalue weighted by atomic mass is 19.1. The summed E-state index contributed by atoms with van der Waals surface area (Å²) in [7, 11) is 0. The van der Waals surface area contributed by atoms with Crippen LogP contribution in [0.5, 0.6) is 0 Å². The third kappa shape index (κ3) is 2.46. The first-order valence-corrected chi connectivity index (χ1v) is 6.65. The first kappa shape index (κ1) is 14.3. The van der Waals surface area contributed by atoms with Gasteiger partial charge in [0.15, 0.2) is 0 Å². The van der Waals surface area contributed by atoms with Gasteiger partial charge in [0, 0.05) is 17.9 Å². The van der Waals surface area contributed by atoms with E-state index in [0.717, 1.165) is 29.9 Å². The van der Waals surface area contributed by atoms with Crippen LogP contribution in [0.15, 0.2) is 24.3 Å². The molecule has 0 atom stereocenters. The van der Waals surface area contributed by atoms with Gasteiger partial charge in [-0.25, -0.2) is 9.18 Å². The molecule has 0 saturated carbocycles. The Morgan fingerprint density at radius 2 is 2.00 bits per heavy atom.